The maximum Gasteiger partial charge on any atom is 0.0441 e. The normalized spacial score (nSPS) is 30.2. The van der Waals surface area contributed by atoms with Crippen molar-refractivity contribution in [2.24, 2.45) is 23.2 Å². The summed E-state index contributed by atoms with van der Waals surface area (Å²) >= 11 is 0. The largest absolute Gasteiger partial charge is 0.365 e. The van der Waals surface area contributed by atoms with Gasteiger partial charge in [-0.3, -0.25) is 0 Å². The molecule has 1 spiro atoms. The quantitative estimate of drug-likeness (QED) is 0.509. The first kappa shape index (κ1) is 21.7. The first-order valence-electron chi connectivity index (χ1n) is 11.9. The van der Waals surface area contributed by atoms with Crippen molar-refractivity contribution < 1.29 is 0 Å². The topological polar surface area (TPSA) is 3.24 Å². The van der Waals surface area contributed by atoms with E-state index in [0.29, 0.717) is 17.3 Å². The van der Waals surface area contributed by atoms with Gasteiger partial charge in [-0.05, 0) is 79.2 Å². The van der Waals surface area contributed by atoms with E-state index in [-0.39, 0.29) is 5.54 Å². The molecule has 1 aliphatic heterocycles. The lowest BCUT2D eigenvalue weighted by Gasteiger charge is -2.46. The molecule has 3 rings (SSSR count). The van der Waals surface area contributed by atoms with Crippen molar-refractivity contribution in [3.63, 3.8) is 0 Å². The van der Waals surface area contributed by atoms with Gasteiger partial charge in [0.2, 0.25) is 0 Å². The van der Waals surface area contributed by atoms with E-state index in [0.717, 1.165) is 17.8 Å². The Morgan fingerprint density at radius 3 is 2.00 bits per heavy atom. The molecule has 1 saturated heterocycles. The third kappa shape index (κ3) is 3.75. The van der Waals surface area contributed by atoms with Crippen LogP contribution >= 0.6 is 0 Å². The zero-order valence-electron chi connectivity index (χ0n) is 20.1. The molecule has 3 unspecified atom stereocenters. The average molecular weight is 384 g/mol. The van der Waals surface area contributed by atoms with Crippen LogP contribution < -0.4 is 4.90 Å². The second kappa shape index (κ2) is 7.69. The van der Waals surface area contributed by atoms with E-state index in [4.69, 9.17) is 0 Å². The predicted molar refractivity (Wildman–Crippen MR) is 124 cm³/mol. The molecule has 28 heavy (non-hydrogen) atoms. The van der Waals surface area contributed by atoms with Crippen LogP contribution in [0.4, 0.5) is 5.69 Å². The van der Waals surface area contributed by atoms with Gasteiger partial charge in [0.05, 0.1) is 0 Å². The average Bonchev–Trinajstić information content (AvgIpc) is 2.83. The monoisotopic (exact) mass is 383 g/mol. The van der Waals surface area contributed by atoms with E-state index in [1.165, 1.54) is 32.2 Å². The lowest BCUT2D eigenvalue weighted by molar-refractivity contribution is 0.0453. The molecule has 3 atom stereocenters. The second-order valence-electron chi connectivity index (χ2n) is 11.8. The first-order valence-corrected chi connectivity index (χ1v) is 11.9. The molecule has 1 aromatic carbocycles. The van der Waals surface area contributed by atoms with Gasteiger partial charge in [-0.1, -0.05) is 73.1 Å². The summed E-state index contributed by atoms with van der Waals surface area (Å²) in [4.78, 5) is 2.85. The summed E-state index contributed by atoms with van der Waals surface area (Å²) in [5, 5.41) is 0. The first-order chi connectivity index (χ1) is 13.0. The summed E-state index contributed by atoms with van der Waals surface area (Å²) in [7, 11) is 0. The molecule has 0 amide bonds. The minimum absolute atomic E-state index is 0.221. The van der Waals surface area contributed by atoms with Crippen molar-refractivity contribution in [3.05, 3.63) is 29.3 Å². The van der Waals surface area contributed by atoms with Gasteiger partial charge >= 0.3 is 0 Å². The number of nitrogens with zero attached hydrogens (tertiary/aromatic N) is 1. The molecule has 1 heterocycles. The SMILES string of the molecule is CC1CCC(C(C)C)C2(C1)CN(c1c(C(C)C)cccc1C(C)C)C(C)(C)C2. The Balaban J connectivity index is 2.11. The zero-order chi connectivity index (χ0) is 20.9. The van der Waals surface area contributed by atoms with E-state index >= 15 is 0 Å². The summed E-state index contributed by atoms with van der Waals surface area (Å²) in [6.45, 7) is 23.2. The minimum atomic E-state index is 0.221. The van der Waals surface area contributed by atoms with Gasteiger partial charge in [-0.25, -0.2) is 0 Å². The molecule has 1 aliphatic carbocycles. The van der Waals surface area contributed by atoms with Crippen LogP contribution in [0.3, 0.4) is 0 Å². The van der Waals surface area contributed by atoms with Gasteiger partial charge in [0.25, 0.3) is 0 Å². The zero-order valence-corrected chi connectivity index (χ0v) is 20.1. The molecule has 1 heteroatoms. The molecule has 0 N–H and O–H groups in total. The molecule has 2 fully saturated rings. The molecule has 0 radical (unpaired) electrons. The van der Waals surface area contributed by atoms with Gasteiger partial charge in [-0.2, -0.15) is 0 Å². The summed E-state index contributed by atoms with van der Waals surface area (Å²) in [5.41, 5.74) is 5.35. The number of para-hydroxylation sites is 1. The molecule has 1 saturated carbocycles. The number of rotatable bonds is 4. The van der Waals surface area contributed by atoms with Crippen molar-refractivity contribution in [2.75, 3.05) is 11.4 Å². The fourth-order valence-corrected chi connectivity index (χ4v) is 6.89. The van der Waals surface area contributed by atoms with Crippen LogP contribution in [0.5, 0.6) is 0 Å². The number of hydrogen-bond acceptors (Lipinski definition) is 1. The Morgan fingerprint density at radius 2 is 1.50 bits per heavy atom. The van der Waals surface area contributed by atoms with Crippen LogP contribution in [-0.4, -0.2) is 12.1 Å². The Kier molecular flexibility index (Phi) is 5.97. The smallest absolute Gasteiger partial charge is 0.0441 e. The van der Waals surface area contributed by atoms with Gasteiger partial charge in [-0.15, -0.1) is 0 Å². The summed E-state index contributed by atoms with van der Waals surface area (Å²) in [5.74, 6) is 3.64. The van der Waals surface area contributed by atoms with Crippen molar-refractivity contribution in [1.82, 2.24) is 0 Å². The fraction of sp³-hybridized carbons (Fsp3) is 0.778. The molecule has 1 aromatic rings. The van der Waals surface area contributed by atoms with Crippen molar-refractivity contribution in [1.29, 1.82) is 0 Å². The van der Waals surface area contributed by atoms with Crippen molar-refractivity contribution >= 4 is 5.69 Å². The number of benzene rings is 1. The lowest BCUT2D eigenvalue weighted by Crippen LogP contribution is -2.42. The molecule has 0 aromatic heterocycles. The Morgan fingerprint density at radius 1 is 0.929 bits per heavy atom. The van der Waals surface area contributed by atoms with E-state index in [1.807, 2.05) is 0 Å². The second-order valence-corrected chi connectivity index (χ2v) is 11.8. The third-order valence-corrected chi connectivity index (χ3v) is 7.92. The van der Waals surface area contributed by atoms with Crippen LogP contribution in [0.25, 0.3) is 0 Å². The molecule has 2 aliphatic rings. The maximum atomic E-state index is 2.85. The van der Waals surface area contributed by atoms with Gasteiger partial charge in [0.1, 0.15) is 0 Å². The van der Waals surface area contributed by atoms with E-state index in [1.54, 1.807) is 16.8 Å². The maximum absolute atomic E-state index is 2.85. The van der Waals surface area contributed by atoms with Crippen LogP contribution in [-0.2, 0) is 0 Å². The molecule has 158 valence electrons. The molecule has 1 nitrogen and oxygen atoms in total. The highest BCUT2D eigenvalue weighted by Gasteiger charge is 2.55. The Hall–Kier alpha value is -0.980. The third-order valence-electron chi connectivity index (χ3n) is 7.92. The Bertz CT molecular complexity index is 657. The van der Waals surface area contributed by atoms with Crippen molar-refractivity contribution in [3.8, 4) is 0 Å². The summed E-state index contributed by atoms with van der Waals surface area (Å²) in [6.07, 6.45) is 5.60. The summed E-state index contributed by atoms with van der Waals surface area (Å²) < 4.78 is 0. The van der Waals surface area contributed by atoms with Crippen LogP contribution in [0.15, 0.2) is 18.2 Å². The summed E-state index contributed by atoms with van der Waals surface area (Å²) in [6, 6.07) is 7.05. The van der Waals surface area contributed by atoms with E-state index in [9.17, 15) is 0 Å². The van der Waals surface area contributed by atoms with Crippen molar-refractivity contribution in [2.45, 2.75) is 105 Å². The van der Waals surface area contributed by atoms with Gasteiger partial charge in [0, 0.05) is 17.8 Å². The number of anilines is 1. The van der Waals surface area contributed by atoms with Gasteiger partial charge in [0.15, 0.2) is 0 Å². The highest BCUT2D eigenvalue weighted by Crippen LogP contribution is 2.58. The highest BCUT2D eigenvalue weighted by molar-refractivity contribution is 5.64. The van der Waals surface area contributed by atoms with Crippen LogP contribution in [0, 0.1) is 23.2 Å². The van der Waals surface area contributed by atoms with Crippen LogP contribution in [0.1, 0.15) is 111 Å². The fourth-order valence-electron chi connectivity index (χ4n) is 6.89. The highest BCUT2D eigenvalue weighted by atomic mass is 15.2. The standard InChI is InChI=1S/C27H45N/c1-18(2)22-11-10-12-23(19(3)4)25(22)28-17-27(16-26(28,8)9)15-21(7)13-14-24(27)20(5)6/h10-12,18-21,24H,13-17H2,1-9H3. The van der Waals surface area contributed by atoms with E-state index < -0.39 is 0 Å². The minimum Gasteiger partial charge on any atom is -0.365 e. The molecule has 0 bridgehead atoms. The predicted octanol–water partition coefficient (Wildman–Crippen LogP) is 8.00. The molecular weight excluding hydrogens is 338 g/mol. The molecular formula is C27H45N. The van der Waals surface area contributed by atoms with Crippen LogP contribution in [0.2, 0.25) is 0 Å². The van der Waals surface area contributed by atoms with Gasteiger partial charge < -0.3 is 4.90 Å². The van der Waals surface area contributed by atoms with E-state index in [2.05, 4.69) is 85.4 Å². The Labute approximate surface area is 175 Å². The number of hydrogen-bond donors (Lipinski definition) is 0. The lowest BCUT2D eigenvalue weighted by atomic mass is 9.58.